The highest BCUT2D eigenvalue weighted by molar-refractivity contribution is 7.99. The van der Waals surface area contributed by atoms with Gasteiger partial charge in [0.15, 0.2) is 0 Å². The standard InChI is InChI=1S/C27H33FN4OS2/c1-17-30-24(22-8-5-19(28)15-23(22)26(33)31-27(16-29)11-12-27)25(35-17)18-3-6-20(7-4-18)32-13-9-21(34-2)10-14-32/h3-4,6-7,19,21-23H,5,8-15H2,1-2H3,(H,31,33)/t19-,22+,23?/m0/s1. The number of alkyl halides is 1. The number of hydrogen-bond donors (Lipinski definition) is 1. The highest BCUT2D eigenvalue weighted by Crippen LogP contribution is 2.45. The Morgan fingerprint density at radius 3 is 2.57 bits per heavy atom. The molecule has 5 nitrogen and oxygen atoms in total. The third kappa shape index (κ3) is 5.22. The van der Waals surface area contributed by atoms with E-state index in [-0.39, 0.29) is 18.2 Å². The fourth-order valence-corrected chi connectivity index (χ4v) is 7.21. The van der Waals surface area contributed by atoms with Gasteiger partial charge in [-0.25, -0.2) is 9.37 Å². The zero-order valence-electron chi connectivity index (χ0n) is 20.4. The number of nitrogens with one attached hydrogen (secondary N) is 1. The number of nitrogens with zero attached hydrogens (tertiary/aromatic N) is 3. The predicted molar refractivity (Wildman–Crippen MR) is 142 cm³/mol. The van der Waals surface area contributed by atoms with E-state index >= 15 is 0 Å². The minimum atomic E-state index is -0.989. The first kappa shape index (κ1) is 24.6. The Morgan fingerprint density at radius 2 is 1.94 bits per heavy atom. The number of hydrogen-bond acceptors (Lipinski definition) is 6. The maximum Gasteiger partial charge on any atom is 0.225 e. The van der Waals surface area contributed by atoms with E-state index in [1.54, 1.807) is 11.3 Å². The van der Waals surface area contributed by atoms with E-state index < -0.39 is 17.6 Å². The first-order valence-corrected chi connectivity index (χ1v) is 14.7. The van der Waals surface area contributed by atoms with Crippen LogP contribution in [0.4, 0.5) is 10.1 Å². The van der Waals surface area contributed by atoms with Crippen LogP contribution in [0, 0.1) is 24.2 Å². The molecule has 0 radical (unpaired) electrons. The summed E-state index contributed by atoms with van der Waals surface area (Å²) in [5.41, 5.74) is 2.52. The lowest BCUT2D eigenvalue weighted by molar-refractivity contribution is -0.128. The molecule has 1 amide bonds. The monoisotopic (exact) mass is 512 g/mol. The highest BCUT2D eigenvalue weighted by Gasteiger charge is 2.48. The molecule has 2 aliphatic carbocycles. The summed E-state index contributed by atoms with van der Waals surface area (Å²) in [5.74, 6) is -0.833. The van der Waals surface area contributed by atoms with Crippen molar-refractivity contribution in [1.29, 1.82) is 5.26 Å². The summed E-state index contributed by atoms with van der Waals surface area (Å²) < 4.78 is 14.4. The van der Waals surface area contributed by atoms with Gasteiger partial charge < -0.3 is 10.2 Å². The van der Waals surface area contributed by atoms with Gasteiger partial charge in [-0.3, -0.25) is 4.79 Å². The SMILES string of the molecule is CSC1CCN(c2ccc(-c3sc(C)nc3[C@@H]3CC[C@H](F)CC3C(=O)NC3(C#N)CC3)cc2)CC1. The van der Waals surface area contributed by atoms with Gasteiger partial charge in [0.05, 0.1) is 21.6 Å². The number of carbonyl (C=O) groups is 1. The second-order valence-electron chi connectivity index (χ2n) is 10.2. The van der Waals surface area contributed by atoms with Gasteiger partial charge in [0, 0.05) is 35.9 Å². The molecule has 5 rings (SSSR count). The van der Waals surface area contributed by atoms with Crippen molar-refractivity contribution in [3.05, 3.63) is 35.0 Å². The number of rotatable bonds is 6. The fourth-order valence-electron chi connectivity index (χ4n) is 5.53. The van der Waals surface area contributed by atoms with Crippen LogP contribution in [0.15, 0.2) is 24.3 Å². The Hall–Kier alpha value is -2.11. The van der Waals surface area contributed by atoms with E-state index in [2.05, 4.69) is 46.8 Å². The second kappa shape index (κ2) is 10.1. The van der Waals surface area contributed by atoms with Crippen molar-refractivity contribution < 1.29 is 9.18 Å². The first-order chi connectivity index (χ1) is 16.9. The quantitative estimate of drug-likeness (QED) is 0.526. The molecule has 1 unspecified atom stereocenters. The molecule has 1 aliphatic heterocycles. The summed E-state index contributed by atoms with van der Waals surface area (Å²) in [6, 6.07) is 10.9. The number of halogens is 1. The molecule has 0 bridgehead atoms. The molecule has 2 saturated carbocycles. The summed E-state index contributed by atoms with van der Waals surface area (Å²) in [7, 11) is 0. The van der Waals surface area contributed by atoms with Crippen molar-refractivity contribution >= 4 is 34.7 Å². The Labute approximate surface area is 215 Å². The zero-order chi connectivity index (χ0) is 24.6. The highest BCUT2D eigenvalue weighted by atomic mass is 32.2. The average molecular weight is 513 g/mol. The minimum absolute atomic E-state index is 0.137. The van der Waals surface area contributed by atoms with Gasteiger partial charge in [0.2, 0.25) is 5.91 Å². The van der Waals surface area contributed by atoms with E-state index in [0.717, 1.165) is 39.5 Å². The van der Waals surface area contributed by atoms with Crippen molar-refractivity contribution in [2.24, 2.45) is 5.92 Å². The van der Waals surface area contributed by atoms with Crippen LogP contribution in [0.3, 0.4) is 0 Å². The largest absolute Gasteiger partial charge is 0.371 e. The normalized spacial score (nSPS) is 26.2. The Bertz CT molecular complexity index is 1100. The fraction of sp³-hybridized carbons (Fsp3) is 0.593. The Kier molecular flexibility index (Phi) is 7.09. The molecule has 3 aliphatic rings. The lowest BCUT2D eigenvalue weighted by Crippen LogP contribution is -2.44. The van der Waals surface area contributed by atoms with Crippen molar-refractivity contribution in [3.63, 3.8) is 0 Å². The van der Waals surface area contributed by atoms with Crippen LogP contribution < -0.4 is 10.2 Å². The number of thiazole rings is 1. The number of aromatic nitrogens is 1. The van der Waals surface area contributed by atoms with Crippen molar-refractivity contribution in [3.8, 4) is 16.5 Å². The molecular formula is C27H33FN4OS2. The van der Waals surface area contributed by atoms with E-state index in [9.17, 15) is 14.4 Å². The smallest absolute Gasteiger partial charge is 0.225 e. The van der Waals surface area contributed by atoms with Gasteiger partial charge in [-0.2, -0.15) is 17.0 Å². The van der Waals surface area contributed by atoms with Gasteiger partial charge >= 0.3 is 0 Å². The number of anilines is 1. The van der Waals surface area contributed by atoms with Crippen LogP contribution in [-0.4, -0.2) is 47.2 Å². The van der Waals surface area contributed by atoms with Crippen LogP contribution in [0.25, 0.3) is 10.4 Å². The van der Waals surface area contributed by atoms with Crippen molar-refractivity contribution in [1.82, 2.24) is 10.3 Å². The van der Waals surface area contributed by atoms with Gasteiger partial charge in [0.25, 0.3) is 0 Å². The Balaban J connectivity index is 1.38. The van der Waals surface area contributed by atoms with Crippen LogP contribution in [0.2, 0.25) is 0 Å². The van der Waals surface area contributed by atoms with Gasteiger partial charge in [-0.15, -0.1) is 11.3 Å². The summed E-state index contributed by atoms with van der Waals surface area (Å²) in [4.78, 5) is 21.6. The second-order valence-corrected chi connectivity index (χ2v) is 12.6. The minimum Gasteiger partial charge on any atom is -0.371 e. The molecule has 186 valence electrons. The summed E-state index contributed by atoms with van der Waals surface area (Å²) >= 11 is 3.61. The third-order valence-electron chi connectivity index (χ3n) is 7.83. The Morgan fingerprint density at radius 1 is 1.23 bits per heavy atom. The average Bonchev–Trinajstić information content (AvgIpc) is 3.55. The summed E-state index contributed by atoms with van der Waals surface area (Å²) in [6.07, 6.45) is 6.23. The number of benzene rings is 1. The van der Waals surface area contributed by atoms with Crippen molar-refractivity contribution in [2.75, 3.05) is 24.2 Å². The summed E-state index contributed by atoms with van der Waals surface area (Å²) in [5, 5.41) is 14.1. The van der Waals surface area contributed by atoms with E-state index in [1.807, 2.05) is 18.7 Å². The maximum atomic E-state index is 14.4. The maximum absolute atomic E-state index is 14.4. The molecule has 1 N–H and O–H groups in total. The lowest BCUT2D eigenvalue weighted by atomic mass is 9.75. The van der Waals surface area contributed by atoms with E-state index in [1.165, 1.54) is 18.5 Å². The third-order valence-corrected chi connectivity index (χ3v) is 10.0. The molecule has 35 heavy (non-hydrogen) atoms. The number of piperidine rings is 1. The molecule has 8 heteroatoms. The van der Waals surface area contributed by atoms with E-state index in [0.29, 0.717) is 25.7 Å². The number of thioether (sulfide) groups is 1. The molecule has 1 saturated heterocycles. The topological polar surface area (TPSA) is 69.0 Å². The molecule has 0 spiro atoms. The molecule has 1 aromatic carbocycles. The molecular weight excluding hydrogens is 479 g/mol. The van der Waals surface area contributed by atoms with Crippen LogP contribution in [-0.2, 0) is 4.79 Å². The lowest BCUT2D eigenvalue weighted by Gasteiger charge is -2.33. The van der Waals surface area contributed by atoms with Gasteiger partial charge in [-0.05, 0) is 75.8 Å². The number of carbonyl (C=O) groups excluding carboxylic acids is 1. The van der Waals surface area contributed by atoms with Crippen molar-refractivity contribution in [2.45, 2.75) is 74.7 Å². The molecule has 2 heterocycles. The first-order valence-electron chi connectivity index (χ1n) is 12.6. The number of amides is 1. The molecule has 3 fully saturated rings. The van der Waals surface area contributed by atoms with Crippen LogP contribution in [0.5, 0.6) is 0 Å². The number of nitriles is 1. The molecule has 1 aromatic heterocycles. The van der Waals surface area contributed by atoms with Crippen LogP contribution >= 0.6 is 23.1 Å². The molecule has 3 atom stereocenters. The number of aryl methyl sites for hydroxylation is 1. The molecule has 2 aromatic rings. The van der Waals surface area contributed by atoms with E-state index in [4.69, 9.17) is 4.98 Å². The van der Waals surface area contributed by atoms with Crippen LogP contribution in [0.1, 0.15) is 61.6 Å². The van der Waals surface area contributed by atoms with Gasteiger partial charge in [-0.1, -0.05) is 12.1 Å². The predicted octanol–water partition coefficient (Wildman–Crippen LogP) is 5.84. The zero-order valence-corrected chi connectivity index (χ0v) is 22.1. The summed E-state index contributed by atoms with van der Waals surface area (Å²) in [6.45, 7) is 4.17. The van der Waals surface area contributed by atoms with Gasteiger partial charge in [0.1, 0.15) is 11.7 Å².